The van der Waals surface area contributed by atoms with Crippen LogP contribution in [-0.2, 0) is 4.89 Å². The smallest absolute Gasteiger partial charge is 0.0850 e. The van der Waals surface area contributed by atoms with Crippen LogP contribution in [0.2, 0.25) is 0 Å². The molecule has 0 aliphatic carbocycles. The predicted octanol–water partition coefficient (Wildman–Crippen LogP) is 3.25. The summed E-state index contributed by atoms with van der Waals surface area (Å²) in [5.41, 5.74) is 0. The van der Waals surface area contributed by atoms with Crippen LogP contribution in [0.25, 0.3) is 0 Å². The summed E-state index contributed by atoms with van der Waals surface area (Å²) in [6.45, 7) is 6.30. The van der Waals surface area contributed by atoms with E-state index in [1.165, 1.54) is 19.3 Å². The molecule has 0 bridgehead atoms. The Bertz CT molecular complexity index is 102. The van der Waals surface area contributed by atoms with Gasteiger partial charge in [0.05, 0.1) is 6.61 Å². The summed E-state index contributed by atoms with van der Waals surface area (Å²) in [6.07, 6.45) is 7.67. The lowest BCUT2D eigenvalue weighted by Crippen LogP contribution is -2.07. The molecule has 0 heterocycles. The molecule has 2 heteroatoms. The highest BCUT2D eigenvalue weighted by atomic mass is 17.1. The molecule has 1 N–H and O–H groups in total. The van der Waals surface area contributed by atoms with Gasteiger partial charge in [0.1, 0.15) is 0 Å². The highest BCUT2D eigenvalue weighted by Crippen LogP contribution is 2.14. The summed E-state index contributed by atoms with van der Waals surface area (Å²) < 4.78 is 0. The van der Waals surface area contributed by atoms with E-state index in [-0.39, 0.29) is 0 Å². The van der Waals surface area contributed by atoms with Gasteiger partial charge in [-0.1, -0.05) is 32.3 Å². The summed E-state index contributed by atoms with van der Waals surface area (Å²) >= 11 is 0. The maximum Gasteiger partial charge on any atom is 0.0850 e. The maximum atomic E-state index is 8.29. The van der Waals surface area contributed by atoms with E-state index in [2.05, 4.69) is 18.4 Å². The Morgan fingerprint density at radius 1 is 1.50 bits per heavy atom. The van der Waals surface area contributed by atoms with Crippen LogP contribution >= 0.6 is 0 Å². The Kier molecular flexibility index (Phi) is 8.51. The van der Waals surface area contributed by atoms with Gasteiger partial charge in [0.15, 0.2) is 0 Å². The third-order valence-electron chi connectivity index (χ3n) is 2.03. The van der Waals surface area contributed by atoms with Gasteiger partial charge in [0.25, 0.3) is 0 Å². The van der Waals surface area contributed by atoms with Gasteiger partial charge in [-0.25, -0.2) is 4.89 Å². The van der Waals surface area contributed by atoms with Crippen molar-refractivity contribution in [1.29, 1.82) is 0 Å². The first-order valence-corrected chi connectivity index (χ1v) is 4.72. The molecule has 0 aromatic carbocycles. The molecule has 0 spiro atoms. The van der Waals surface area contributed by atoms with E-state index in [4.69, 9.17) is 5.26 Å². The Morgan fingerprint density at radius 2 is 2.25 bits per heavy atom. The second-order valence-corrected chi connectivity index (χ2v) is 3.18. The molecule has 0 amide bonds. The second-order valence-electron chi connectivity index (χ2n) is 3.18. The number of hydrogen-bond acceptors (Lipinski definition) is 2. The van der Waals surface area contributed by atoms with Gasteiger partial charge >= 0.3 is 0 Å². The zero-order valence-electron chi connectivity index (χ0n) is 7.96. The van der Waals surface area contributed by atoms with Crippen LogP contribution in [0.4, 0.5) is 0 Å². The standard InChI is InChI=1S/C10H20O2/c1-3-5-6-8-10(7-4-2)9-12-11/h4,10-11H,2-3,5-9H2,1H3. The first-order valence-electron chi connectivity index (χ1n) is 4.72. The number of unbranched alkanes of at least 4 members (excludes halogenated alkanes) is 2. The monoisotopic (exact) mass is 172 g/mol. The van der Waals surface area contributed by atoms with Crippen molar-refractivity contribution in [3.05, 3.63) is 12.7 Å². The largest absolute Gasteiger partial charge is 0.252 e. The third kappa shape index (κ3) is 6.38. The molecule has 0 aliphatic heterocycles. The van der Waals surface area contributed by atoms with E-state index in [9.17, 15) is 0 Å². The Morgan fingerprint density at radius 3 is 2.75 bits per heavy atom. The lowest BCUT2D eigenvalue weighted by atomic mass is 9.99. The summed E-state index contributed by atoms with van der Waals surface area (Å²) in [4.78, 5) is 4.14. The zero-order valence-corrected chi connectivity index (χ0v) is 7.96. The van der Waals surface area contributed by atoms with E-state index in [0.717, 1.165) is 12.8 Å². The van der Waals surface area contributed by atoms with Gasteiger partial charge in [0.2, 0.25) is 0 Å². The summed E-state index contributed by atoms with van der Waals surface area (Å²) in [5.74, 6) is 0.444. The molecule has 1 unspecified atom stereocenters. The molecule has 12 heavy (non-hydrogen) atoms. The van der Waals surface area contributed by atoms with Crippen molar-refractivity contribution in [2.75, 3.05) is 6.61 Å². The molecule has 0 aromatic rings. The molecule has 0 rings (SSSR count). The average Bonchev–Trinajstić information content (AvgIpc) is 2.06. The summed E-state index contributed by atoms with van der Waals surface area (Å²) in [7, 11) is 0. The van der Waals surface area contributed by atoms with E-state index in [0.29, 0.717) is 12.5 Å². The van der Waals surface area contributed by atoms with Crippen molar-refractivity contribution in [2.24, 2.45) is 5.92 Å². The Hall–Kier alpha value is -0.340. The van der Waals surface area contributed by atoms with E-state index in [1.54, 1.807) is 0 Å². The van der Waals surface area contributed by atoms with Gasteiger partial charge in [-0.3, -0.25) is 5.26 Å². The molecule has 0 radical (unpaired) electrons. The van der Waals surface area contributed by atoms with Crippen LogP contribution in [-0.4, -0.2) is 11.9 Å². The van der Waals surface area contributed by atoms with Crippen LogP contribution < -0.4 is 0 Å². The fraction of sp³-hybridized carbons (Fsp3) is 0.800. The van der Waals surface area contributed by atoms with Gasteiger partial charge in [-0.2, -0.15) is 0 Å². The van der Waals surface area contributed by atoms with Gasteiger partial charge < -0.3 is 0 Å². The quantitative estimate of drug-likeness (QED) is 0.263. The van der Waals surface area contributed by atoms with Gasteiger partial charge in [-0.15, -0.1) is 6.58 Å². The lowest BCUT2D eigenvalue weighted by Gasteiger charge is -2.11. The van der Waals surface area contributed by atoms with Crippen molar-refractivity contribution >= 4 is 0 Å². The molecule has 0 saturated carbocycles. The van der Waals surface area contributed by atoms with Crippen LogP contribution in [0, 0.1) is 5.92 Å². The van der Waals surface area contributed by atoms with Crippen LogP contribution in [0.1, 0.15) is 39.0 Å². The molecule has 0 aromatic heterocycles. The van der Waals surface area contributed by atoms with Gasteiger partial charge in [0, 0.05) is 0 Å². The van der Waals surface area contributed by atoms with Crippen molar-refractivity contribution in [1.82, 2.24) is 0 Å². The van der Waals surface area contributed by atoms with E-state index in [1.807, 2.05) is 6.08 Å². The molecule has 0 aliphatic rings. The fourth-order valence-electron chi connectivity index (χ4n) is 1.29. The lowest BCUT2D eigenvalue weighted by molar-refractivity contribution is -0.251. The van der Waals surface area contributed by atoms with Crippen LogP contribution in [0.15, 0.2) is 12.7 Å². The van der Waals surface area contributed by atoms with Crippen LogP contribution in [0.5, 0.6) is 0 Å². The molecule has 1 atom stereocenters. The van der Waals surface area contributed by atoms with Gasteiger partial charge in [-0.05, 0) is 18.8 Å². The van der Waals surface area contributed by atoms with Crippen molar-refractivity contribution in [3.63, 3.8) is 0 Å². The Labute approximate surface area is 75.2 Å². The molecular formula is C10H20O2. The number of rotatable bonds is 8. The molecular weight excluding hydrogens is 152 g/mol. The summed E-state index contributed by atoms with van der Waals surface area (Å²) in [5, 5.41) is 8.29. The van der Waals surface area contributed by atoms with Crippen molar-refractivity contribution in [3.8, 4) is 0 Å². The molecule has 72 valence electrons. The average molecular weight is 172 g/mol. The molecule has 0 saturated heterocycles. The van der Waals surface area contributed by atoms with Crippen LogP contribution in [0.3, 0.4) is 0 Å². The third-order valence-corrected chi connectivity index (χ3v) is 2.03. The SMILES string of the molecule is C=CCC(CCCCC)COO. The number of hydrogen-bond donors (Lipinski definition) is 1. The predicted molar refractivity (Wildman–Crippen MR) is 51.0 cm³/mol. The summed E-state index contributed by atoms with van der Waals surface area (Å²) in [6, 6.07) is 0. The number of allylic oxidation sites excluding steroid dienone is 1. The first kappa shape index (κ1) is 11.7. The highest BCUT2D eigenvalue weighted by Gasteiger charge is 2.05. The normalized spacial score (nSPS) is 12.8. The topological polar surface area (TPSA) is 29.5 Å². The first-order chi connectivity index (χ1) is 5.85. The fourth-order valence-corrected chi connectivity index (χ4v) is 1.29. The Balaban J connectivity index is 3.40. The van der Waals surface area contributed by atoms with Crippen molar-refractivity contribution in [2.45, 2.75) is 39.0 Å². The van der Waals surface area contributed by atoms with Crippen molar-refractivity contribution < 1.29 is 10.1 Å². The zero-order chi connectivity index (χ0) is 9.23. The second kappa shape index (κ2) is 8.75. The highest BCUT2D eigenvalue weighted by molar-refractivity contribution is 4.72. The van der Waals surface area contributed by atoms with E-state index >= 15 is 0 Å². The minimum absolute atomic E-state index is 0.440. The molecule has 2 nitrogen and oxygen atoms in total. The minimum Gasteiger partial charge on any atom is -0.252 e. The van der Waals surface area contributed by atoms with E-state index < -0.39 is 0 Å². The minimum atomic E-state index is 0.440. The maximum absolute atomic E-state index is 8.29. The molecule has 0 fully saturated rings.